The van der Waals surface area contributed by atoms with E-state index >= 15 is 0 Å². The van der Waals surface area contributed by atoms with Gasteiger partial charge in [0.2, 0.25) is 0 Å². The smallest absolute Gasteiger partial charge is 0.271 e. The molecule has 0 aromatic carbocycles. The second-order valence-electron chi connectivity index (χ2n) is 2.37. The molecule has 0 spiro atoms. The molecule has 0 atom stereocenters. The van der Waals surface area contributed by atoms with Crippen molar-refractivity contribution in [2.24, 2.45) is 5.84 Å². The summed E-state index contributed by atoms with van der Waals surface area (Å²) < 4.78 is 0.553. The van der Waals surface area contributed by atoms with Crippen molar-refractivity contribution in [1.29, 1.82) is 0 Å². The van der Waals surface area contributed by atoms with E-state index in [1.54, 1.807) is 13.0 Å². The second kappa shape index (κ2) is 3.19. The van der Waals surface area contributed by atoms with Crippen molar-refractivity contribution in [2.45, 2.75) is 6.92 Å². The maximum atomic E-state index is 11.0. The third kappa shape index (κ3) is 1.51. The number of aromatic nitrogens is 1. The van der Waals surface area contributed by atoms with Crippen LogP contribution in [0.3, 0.4) is 0 Å². The van der Waals surface area contributed by atoms with Crippen molar-refractivity contribution in [1.82, 2.24) is 5.43 Å². The first-order chi connectivity index (χ1) is 5.65. The van der Waals surface area contributed by atoms with Gasteiger partial charge in [-0.1, -0.05) is 0 Å². The summed E-state index contributed by atoms with van der Waals surface area (Å²) in [7, 11) is 0. The van der Waals surface area contributed by atoms with Gasteiger partial charge in [-0.3, -0.25) is 10.2 Å². The van der Waals surface area contributed by atoms with E-state index in [0.29, 0.717) is 10.3 Å². The van der Waals surface area contributed by atoms with Gasteiger partial charge in [0.05, 0.1) is 0 Å². The van der Waals surface area contributed by atoms with Gasteiger partial charge in [-0.15, -0.1) is 0 Å². The number of hydrogen-bond donors (Lipinski definition) is 2. The summed E-state index contributed by atoms with van der Waals surface area (Å²) in [6.07, 6.45) is 2.50. The summed E-state index contributed by atoms with van der Waals surface area (Å²) in [6.45, 7) is 1.73. The maximum absolute atomic E-state index is 11.0. The first-order valence-electron chi connectivity index (χ1n) is 3.35. The highest BCUT2D eigenvalue weighted by atomic mass is 16.5. The van der Waals surface area contributed by atoms with Crippen LogP contribution in [0, 0.1) is 12.1 Å². The molecular formula is C7H9N3O2. The Morgan fingerprint density at radius 1 is 1.75 bits per heavy atom. The summed E-state index contributed by atoms with van der Waals surface area (Å²) in [5.41, 5.74) is 2.96. The molecule has 12 heavy (non-hydrogen) atoms. The Bertz CT molecular complexity index is 312. The number of carbonyl (C=O) groups is 1. The van der Waals surface area contributed by atoms with Crippen LogP contribution in [0.25, 0.3) is 0 Å². The van der Waals surface area contributed by atoms with E-state index in [4.69, 9.17) is 5.84 Å². The molecule has 64 valence electrons. The molecule has 1 aromatic rings. The summed E-state index contributed by atoms with van der Waals surface area (Å²) in [6, 6.07) is 1.55. The molecule has 0 aliphatic carbocycles. The number of amides is 1. The lowest BCUT2D eigenvalue weighted by molar-refractivity contribution is -0.605. The maximum Gasteiger partial charge on any atom is 0.271 e. The van der Waals surface area contributed by atoms with Crippen LogP contribution in [0.1, 0.15) is 15.9 Å². The highest BCUT2D eigenvalue weighted by Crippen LogP contribution is 2.02. The number of hydrogen-bond acceptors (Lipinski definition) is 3. The van der Waals surface area contributed by atoms with Gasteiger partial charge in [0.1, 0.15) is 5.56 Å². The standard InChI is InChI=1S/C7H9N3O2/c1-5-2-3-10(12)4-6(5)7(11)9-8/h2-4H,8H2,1H3,(H,9,11). The third-order valence-electron chi connectivity index (χ3n) is 1.53. The Balaban J connectivity index is 3.13. The molecule has 0 saturated carbocycles. The molecule has 0 bridgehead atoms. The Hall–Kier alpha value is -1.62. The minimum atomic E-state index is -0.460. The first kappa shape index (κ1) is 8.48. The van der Waals surface area contributed by atoms with Gasteiger partial charge in [-0.25, -0.2) is 5.84 Å². The minimum Gasteiger partial charge on any atom is -0.619 e. The number of nitrogens with two attached hydrogens (primary N) is 1. The fourth-order valence-corrected chi connectivity index (χ4v) is 0.863. The van der Waals surface area contributed by atoms with Crippen molar-refractivity contribution in [3.05, 3.63) is 34.8 Å². The lowest BCUT2D eigenvalue weighted by Crippen LogP contribution is -2.34. The first-order valence-corrected chi connectivity index (χ1v) is 3.35. The monoisotopic (exact) mass is 167 g/mol. The molecule has 0 aliphatic heterocycles. The summed E-state index contributed by atoms with van der Waals surface area (Å²) in [4.78, 5) is 11.0. The largest absolute Gasteiger partial charge is 0.619 e. The average molecular weight is 167 g/mol. The summed E-state index contributed by atoms with van der Waals surface area (Å²) >= 11 is 0. The highest BCUT2D eigenvalue weighted by molar-refractivity contribution is 5.94. The SMILES string of the molecule is Cc1cc[n+]([O-])cc1C(=O)NN. The van der Waals surface area contributed by atoms with Crippen LogP contribution < -0.4 is 16.0 Å². The van der Waals surface area contributed by atoms with Crippen molar-refractivity contribution in [2.75, 3.05) is 0 Å². The number of nitrogens with zero attached hydrogens (tertiary/aromatic N) is 1. The average Bonchev–Trinajstić information content (AvgIpc) is 2.08. The third-order valence-corrected chi connectivity index (χ3v) is 1.53. The Morgan fingerprint density at radius 3 is 3.00 bits per heavy atom. The van der Waals surface area contributed by atoms with E-state index in [1.807, 2.05) is 5.43 Å². The number of carbonyl (C=O) groups excluding carboxylic acids is 1. The topological polar surface area (TPSA) is 82.1 Å². The molecule has 0 aliphatic rings. The van der Waals surface area contributed by atoms with Crippen molar-refractivity contribution < 1.29 is 9.52 Å². The summed E-state index contributed by atoms with van der Waals surface area (Å²) in [5.74, 6) is 4.45. The van der Waals surface area contributed by atoms with E-state index in [2.05, 4.69) is 0 Å². The van der Waals surface area contributed by atoms with E-state index < -0.39 is 5.91 Å². The van der Waals surface area contributed by atoms with Gasteiger partial charge in [-0.05, 0) is 12.5 Å². The normalized spacial score (nSPS) is 9.50. The number of pyridine rings is 1. The molecular weight excluding hydrogens is 158 g/mol. The Morgan fingerprint density at radius 2 is 2.42 bits per heavy atom. The second-order valence-corrected chi connectivity index (χ2v) is 2.37. The van der Waals surface area contributed by atoms with Crippen molar-refractivity contribution >= 4 is 5.91 Å². The zero-order chi connectivity index (χ0) is 9.14. The van der Waals surface area contributed by atoms with Crippen LogP contribution in [0.15, 0.2) is 18.5 Å². The molecule has 3 N–H and O–H groups in total. The lowest BCUT2D eigenvalue weighted by atomic mass is 10.1. The Kier molecular flexibility index (Phi) is 2.25. The van der Waals surface area contributed by atoms with Gasteiger partial charge >= 0.3 is 0 Å². The molecule has 1 amide bonds. The minimum absolute atomic E-state index is 0.287. The number of nitrogens with one attached hydrogen (secondary N) is 1. The molecule has 1 heterocycles. The Labute approximate surface area is 69.4 Å². The molecule has 0 fully saturated rings. The number of nitrogen functional groups attached to an aromatic ring is 1. The zero-order valence-corrected chi connectivity index (χ0v) is 6.57. The van der Waals surface area contributed by atoms with Crippen LogP contribution in [0.2, 0.25) is 0 Å². The number of hydrazine groups is 1. The van der Waals surface area contributed by atoms with Crippen LogP contribution in [-0.4, -0.2) is 5.91 Å². The fourth-order valence-electron chi connectivity index (χ4n) is 0.863. The van der Waals surface area contributed by atoms with Gasteiger partial charge in [0.15, 0.2) is 12.4 Å². The molecule has 1 aromatic heterocycles. The van der Waals surface area contributed by atoms with Gasteiger partial charge in [-0.2, -0.15) is 4.73 Å². The van der Waals surface area contributed by atoms with Crippen LogP contribution >= 0.6 is 0 Å². The highest BCUT2D eigenvalue weighted by Gasteiger charge is 2.10. The number of aryl methyl sites for hydroxylation is 1. The quantitative estimate of drug-likeness (QED) is 0.189. The number of rotatable bonds is 1. The fraction of sp³-hybridized carbons (Fsp3) is 0.143. The predicted octanol–water partition coefficient (Wildman–Crippen LogP) is -0.768. The molecule has 1 rings (SSSR count). The van der Waals surface area contributed by atoms with Gasteiger partial charge in [0, 0.05) is 6.07 Å². The summed E-state index contributed by atoms with van der Waals surface area (Å²) in [5, 5.41) is 10.8. The molecule has 0 saturated heterocycles. The lowest BCUT2D eigenvalue weighted by Gasteiger charge is -2.02. The molecule has 0 radical (unpaired) electrons. The van der Waals surface area contributed by atoms with E-state index in [0.717, 1.165) is 0 Å². The van der Waals surface area contributed by atoms with Crippen LogP contribution in [-0.2, 0) is 0 Å². The predicted molar refractivity (Wildman–Crippen MR) is 41.8 cm³/mol. The van der Waals surface area contributed by atoms with E-state index in [-0.39, 0.29) is 5.56 Å². The zero-order valence-electron chi connectivity index (χ0n) is 6.57. The molecule has 5 heteroatoms. The van der Waals surface area contributed by atoms with Crippen LogP contribution in [0.5, 0.6) is 0 Å². The van der Waals surface area contributed by atoms with Crippen molar-refractivity contribution in [3.63, 3.8) is 0 Å². The van der Waals surface area contributed by atoms with E-state index in [9.17, 15) is 10.0 Å². The van der Waals surface area contributed by atoms with Gasteiger partial charge in [0.25, 0.3) is 5.91 Å². The molecule has 5 nitrogen and oxygen atoms in total. The van der Waals surface area contributed by atoms with Crippen molar-refractivity contribution in [3.8, 4) is 0 Å². The van der Waals surface area contributed by atoms with Gasteiger partial charge < -0.3 is 5.21 Å². The van der Waals surface area contributed by atoms with Crippen LogP contribution in [0.4, 0.5) is 0 Å². The molecule has 0 unspecified atom stereocenters. The van der Waals surface area contributed by atoms with E-state index in [1.165, 1.54) is 12.4 Å².